The molecule has 0 bridgehead atoms. The Morgan fingerprint density at radius 1 is 1.41 bits per heavy atom. The first-order chi connectivity index (χ1) is 8.33. The third-order valence-corrected chi connectivity index (χ3v) is 3.43. The van der Waals surface area contributed by atoms with Gasteiger partial charge in [-0.15, -0.1) is 0 Å². The minimum atomic E-state index is 0.847. The molecular weight excluding hydrogens is 212 g/mol. The second kappa shape index (κ2) is 6.22. The van der Waals surface area contributed by atoms with Gasteiger partial charge in [-0.3, -0.25) is 4.90 Å². The lowest BCUT2D eigenvalue weighted by Gasteiger charge is -2.20. The first kappa shape index (κ1) is 12.7. The van der Waals surface area contributed by atoms with Gasteiger partial charge in [0.1, 0.15) is 5.76 Å². The molecule has 0 aromatic carbocycles. The molecule has 2 rings (SSSR count). The van der Waals surface area contributed by atoms with Gasteiger partial charge in [0.05, 0.1) is 12.8 Å². The molecular formula is C14H24N2O. The lowest BCUT2D eigenvalue weighted by atomic mass is 10.2. The van der Waals surface area contributed by atoms with Crippen molar-refractivity contribution in [3.05, 3.63) is 23.7 Å². The van der Waals surface area contributed by atoms with Crippen molar-refractivity contribution < 1.29 is 4.42 Å². The van der Waals surface area contributed by atoms with E-state index in [9.17, 15) is 0 Å². The van der Waals surface area contributed by atoms with Crippen molar-refractivity contribution in [1.82, 2.24) is 10.2 Å². The van der Waals surface area contributed by atoms with E-state index in [1.165, 1.54) is 24.9 Å². The summed E-state index contributed by atoms with van der Waals surface area (Å²) in [5.74, 6) is 2.06. The Balaban J connectivity index is 1.88. The maximum Gasteiger partial charge on any atom is 0.122 e. The third kappa shape index (κ3) is 3.86. The van der Waals surface area contributed by atoms with E-state index < -0.39 is 0 Å². The first-order valence-corrected chi connectivity index (χ1v) is 6.81. The molecule has 1 N–H and O–H groups in total. The van der Waals surface area contributed by atoms with Crippen LogP contribution >= 0.6 is 0 Å². The van der Waals surface area contributed by atoms with Crippen LogP contribution in [0, 0.1) is 5.92 Å². The van der Waals surface area contributed by atoms with Crippen LogP contribution in [0.15, 0.2) is 16.7 Å². The fourth-order valence-corrected chi connectivity index (χ4v) is 2.11. The molecule has 1 aromatic heterocycles. The molecule has 1 aliphatic rings. The summed E-state index contributed by atoms with van der Waals surface area (Å²) in [4.78, 5) is 2.53. The largest absolute Gasteiger partial charge is 0.468 e. The summed E-state index contributed by atoms with van der Waals surface area (Å²) >= 11 is 0. The summed E-state index contributed by atoms with van der Waals surface area (Å²) in [7, 11) is 0. The first-order valence-electron chi connectivity index (χ1n) is 6.81. The van der Waals surface area contributed by atoms with E-state index in [0.29, 0.717) is 0 Å². The quantitative estimate of drug-likeness (QED) is 0.752. The Bertz CT molecular complexity index is 331. The predicted octanol–water partition coefficient (Wildman–Crippen LogP) is 2.62. The maximum atomic E-state index is 5.54. The molecule has 0 atom stereocenters. The molecule has 1 saturated carbocycles. The summed E-state index contributed by atoms with van der Waals surface area (Å²) in [5.41, 5.74) is 1.34. The van der Waals surface area contributed by atoms with Crippen molar-refractivity contribution in [2.45, 2.75) is 39.8 Å². The Labute approximate surface area is 104 Å². The Hall–Kier alpha value is -0.800. The van der Waals surface area contributed by atoms with Gasteiger partial charge in [0.15, 0.2) is 0 Å². The maximum absolute atomic E-state index is 5.54. The Morgan fingerprint density at radius 3 is 2.88 bits per heavy atom. The molecule has 17 heavy (non-hydrogen) atoms. The van der Waals surface area contributed by atoms with Crippen LogP contribution < -0.4 is 5.32 Å². The van der Waals surface area contributed by atoms with Crippen LogP contribution in [0.3, 0.4) is 0 Å². The average Bonchev–Trinajstić information content (AvgIpc) is 3.05. The van der Waals surface area contributed by atoms with Crippen LogP contribution in [0.2, 0.25) is 0 Å². The normalized spacial score (nSPS) is 15.7. The van der Waals surface area contributed by atoms with Gasteiger partial charge in [0.2, 0.25) is 0 Å². The summed E-state index contributed by atoms with van der Waals surface area (Å²) in [5, 5.41) is 3.32. The van der Waals surface area contributed by atoms with Gasteiger partial charge in [-0.25, -0.2) is 0 Å². The highest BCUT2D eigenvalue weighted by molar-refractivity contribution is 5.16. The molecule has 96 valence electrons. The van der Waals surface area contributed by atoms with Crippen molar-refractivity contribution in [2.75, 3.05) is 19.6 Å². The number of rotatable bonds is 8. The van der Waals surface area contributed by atoms with E-state index in [1.54, 1.807) is 0 Å². The third-order valence-electron chi connectivity index (χ3n) is 3.43. The van der Waals surface area contributed by atoms with E-state index in [1.807, 2.05) is 6.26 Å². The van der Waals surface area contributed by atoms with E-state index in [2.05, 4.69) is 30.1 Å². The number of nitrogens with zero attached hydrogens (tertiary/aromatic N) is 1. The smallest absolute Gasteiger partial charge is 0.122 e. The van der Waals surface area contributed by atoms with Crippen LogP contribution in [0.25, 0.3) is 0 Å². The minimum absolute atomic E-state index is 0.847. The zero-order chi connectivity index (χ0) is 12.1. The van der Waals surface area contributed by atoms with Gasteiger partial charge < -0.3 is 9.73 Å². The van der Waals surface area contributed by atoms with Gasteiger partial charge in [0, 0.05) is 18.7 Å². The molecule has 1 aromatic rings. The lowest BCUT2D eigenvalue weighted by molar-refractivity contribution is 0.266. The molecule has 0 aliphatic heterocycles. The number of furan rings is 1. The topological polar surface area (TPSA) is 28.4 Å². The molecule has 0 unspecified atom stereocenters. The van der Waals surface area contributed by atoms with Crippen LogP contribution in [0.4, 0.5) is 0 Å². The van der Waals surface area contributed by atoms with E-state index in [4.69, 9.17) is 4.42 Å². The summed E-state index contributed by atoms with van der Waals surface area (Å²) in [6.07, 6.45) is 4.66. The van der Waals surface area contributed by atoms with Gasteiger partial charge in [-0.05, 0) is 37.9 Å². The van der Waals surface area contributed by atoms with Crippen molar-refractivity contribution in [2.24, 2.45) is 5.92 Å². The van der Waals surface area contributed by atoms with Gasteiger partial charge in [-0.1, -0.05) is 13.8 Å². The van der Waals surface area contributed by atoms with Crippen molar-refractivity contribution >= 4 is 0 Å². The Morgan fingerprint density at radius 2 is 2.24 bits per heavy atom. The fourth-order valence-electron chi connectivity index (χ4n) is 2.11. The number of hydrogen-bond acceptors (Lipinski definition) is 3. The summed E-state index contributed by atoms with van der Waals surface area (Å²) < 4.78 is 5.54. The predicted molar refractivity (Wildman–Crippen MR) is 69.8 cm³/mol. The minimum Gasteiger partial charge on any atom is -0.468 e. The van der Waals surface area contributed by atoms with Crippen LogP contribution in [0.5, 0.6) is 0 Å². The second-order valence-electron chi connectivity index (χ2n) is 4.92. The molecule has 0 spiro atoms. The molecule has 0 radical (unpaired) electrons. The van der Waals surface area contributed by atoms with Crippen LogP contribution in [0.1, 0.15) is 38.0 Å². The highest BCUT2D eigenvalue weighted by Crippen LogP contribution is 2.30. The van der Waals surface area contributed by atoms with Crippen LogP contribution in [-0.4, -0.2) is 24.5 Å². The summed E-state index contributed by atoms with van der Waals surface area (Å²) in [6.45, 7) is 9.61. The van der Waals surface area contributed by atoms with Crippen LogP contribution in [-0.2, 0) is 13.1 Å². The molecule has 1 aliphatic carbocycles. The van der Waals surface area contributed by atoms with Crippen molar-refractivity contribution in [3.63, 3.8) is 0 Å². The second-order valence-corrected chi connectivity index (χ2v) is 4.92. The van der Waals surface area contributed by atoms with Gasteiger partial charge >= 0.3 is 0 Å². The number of nitrogens with one attached hydrogen (secondary N) is 1. The highest BCUT2D eigenvalue weighted by atomic mass is 16.3. The summed E-state index contributed by atoms with van der Waals surface area (Å²) in [6, 6.07) is 2.11. The molecule has 1 fully saturated rings. The Kier molecular flexibility index (Phi) is 4.63. The van der Waals surface area contributed by atoms with Gasteiger partial charge in [0.25, 0.3) is 0 Å². The van der Waals surface area contributed by atoms with E-state index in [0.717, 1.165) is 37.9 Å². The van der Waals surface area contributed by atoms with Crippen molar-refractivity contribution in [3.8, 4) is 0 Å². The van der Waals surface area contributed by atoms with Crippen molar-refractivity contribution in [1.29, 1.82) is 0 Å². The molecule has 0 saturated heterocycles. The van der Waals surface area contributed by atoms with Gasteiger partial charge in [-0.2, -0.15) is 0 Å². The standard InChI is InChI=1S/C14H24N2O/c1-3-15-9-14-13(7-8-17-14)11-16(4-2)10-12-5-6-12/h7-8,12,15H,3-6,9-11H2,1-2H3. The SMILES string of the molecule is CCNCc1occc1CN(CC)CC1CC1. The molecule has 0 amide bonds. The molecule has 1 heterocycles. The zero-order valence-electron chi connectivity index (χ0n) is 11.0. The lowest BCUT2D eigenvalue weighted by Crippen LogP contribution is -2.25. The average molecular weight is 236 g/mol. The van der Waals surface area contributed by atoms with E-state index >= 15 is 0 Å². The fraction of sp³-hybridized carbons (Fsp3) is 0.714. The number of hydrogen-bond donors (Lipinski definition) is 1. The van der Waals surface area contributed by atoms with E-state index in [-0.39, 0.29) is 0 Å². The monoisotopic (exact) mass is 236 g/mol. The highest BCUT2D eigenvalue weighted by Gasteiger charge is 2.24. The zero-order valence-corrected chi connectivity index (χ0v) is 11.0. The molecule has 3 heteroatoms. The molecule has 3 nitrogen and oxygen atoms in total.